The minimum absolute atomic E-state index is 0.00634. The van der Waals surface area contributed by atoms with E-state index in [0.29, 0.717) is 25.8 Å². The summed E-state index contributed by atoms with van der Waals surface area (Å²) in [7, 11) is 0. The van der Waals surface area contributed by atoms with Crippen LogP contribution in [0.1, 0.15) is 44.3 Å². The van der Waals surface area contributed by atoms with Gasteiger partial charge in [-0.1, -0.05) is 31.0 Å². The summed E-state index contributed by atoms with van der Waals surface area (Å²) in [5.41, 5.74) is 0.976. The van der Waals surface area contributed by atoms with Crippen LogP contribution in [0.15, 0.2) is 36.7 Å². The highest BCUT2D eigenvalue weighted by molar-refractivity contribution is 5.76. The van der Waals surface area contributed by atoms with E-state index in [1.165, 1.54) is 0 Å². The molecule has 1 aromatic heterocycles. The van der Waals surface area contributed by atoms with Crippen molar-refractivity contribution in [3.8, 4) is 5.69 Å². The first-order valence-corrected chi connectivity index (χ1v) is 8.59. The summed E-state index contributed by atoms with van der Waals surface area (Å²) in [6.45, 7) is 0.622. The summed E-state index contributed by atoms with van der Waals surface area (Å²) < 4.78 is 1.88. The lowest BCUT2D eigenvalue weighted by atomic mass is 10.1. The van der Waals surface area contributed by atoms with Crippen molar-refractivity contribution in [1.82, 2.24) is 20.1 Å². The second kappa shape index (κ2) is 10.2. The molecule has 7 heteroatoms. The lowest BCUT2D eigenvalue weighted by molar-refractivity contribution is -0.137. The molecule has 0 atom stereocenters. The van der Waals surface area contributed by atoms with Gasteiger partial charge in [-0.2, -0.15) is 0 Å². The third kappa shape index (κ3) is 6.74. The average Bonchev–Trinajstić information content (AvgIpc) is 3.08. The van der Waals surface area contributed by atoms with E-state index in [0.717, 1.165) is 30.8 Å². The van der Waals surface area contributed by atoms with E-state index in [9.17, 15) is 9.59 Å². The van der Waals surface area contributed by atoms with Crippen LogP contribution in [-0.4, -0.2) is 38.3 Å². The Labute approximate surface area is 147 Å². The number of unbranched alkanes of at least 4 members (excludes halogenated alkanes) is 3. The largest absolute Gasteiger partial charge is 0.481 e. The number of hydrogen-bond donors (Lipinski definition) is 2. The van der Waals surface area contributed by atoms with E-state index < -0.39 is 5.97 Å². The second-order valence-corrected chi connectivity index (χ2v) is 5.86. The quantitative estimate of drug-likeness (QED) is 0.610. The van der Waals surface area contributed by atoms with Gasteiger partial charge < -0.3 is 10.4 Å². The van der Waals surface area contributed by atoms with E-state index in [4.69, 9.17) is 5.11 Å². The molecule has 0 fully saturated rings. The molecule has 0 saturated carbocycles. The van der Waals surface area contributed by atoms with Crippen LogP contribution in [0.4, 0.5) is 0 Å². The molecule has 0 aliphatic heterocycles. The first-order valence-electron chi connectivity index (χ1n) is 8.59. The molecule has 2 rings (SSSR count). The normalized spacial score (nSPS) is 10.6. The number of carboxylic acid groups (broad SMARTS) is 1. The van der Waals surface area contributed by atoms with Crippen molar-refractivity contribution < 1.29 is 14.7 Å². The highest BCUT2D eigenvalue weighted by Gasteiger charge is 2.09. The van der Waals surface area contributed by atoms with Crippen LogP contribution in [0.5, 0.6) is 0 Å². The zero-order valence-electron chi connectivity index (χ0n) is 14.2. The van der Waals surface area contributed by atoms with Crippen molar-refractivity contribution in [2.75, 3.05) is 6.54 Å². The predicted molar refractivity (Wildman–Crippen MR) is 93.4 cm³/mol. The Morgan fingerprint density at radius 3 is 2.56 bits per heavy atom. The topological polar surface area (TPSA) is 97.1 Å². The van der Waals surface area contributed by atoms with Gasteiger partial charge in [0.25, 0.3) is 0 Å². The summed E-state index contributed by atoms with van der Waals surface area (Å²) >= 11 is 0. The van der Waals surface area contributed by atoms with Gasteiger partial charge >= 0.3 is 5.97 Å². The van der Waals surface area contributed by atoms with Crippen LogP contribution >= 0.6 is 0 Å². The van der Waals surface area contributed by atoms with Gasteiger partial charge in [0.1, 0.15) is 12.2 Å². The van der Waals surface area contributed by atoms with Crippen LogP contribution in [0.25, 0.3) is 5.69 Å². The monoisotopic (exact) mass is 344 g/mol. The summed E-state index contributed by atoms with van der Waals surface area (Å²) in [6.07, 6.45) is 6.13. The molecule has 0 spiro atoms. The van der Waals surface area contributed by atoms with Crippen LogP contribution in [0.2, 0.25) is 0 Å². The lowest BCUT2D eigenvalue weighted by Gasteiger charge is -2.07. The molecule has 0 saturated heterocycles. The number of nitrogens with zero attached hydrogens (tertiary/aromatic N) is 3. The zero-order chi connectivity index (χ0) is 17.9. The van der Waals surface area contributed by atoms with Crippen molar-refractivity contribution in [2.45, 2.75) is 44.9 Å². The van der Waals surface area contributed by atoms with Crippen molar-refractivity contribution in [3.63, 3.8) is 0 Å². The Morgan fingerprint density at radius 1 is 1.04 bits per heavy atom. The molecule has 0 aliphatic carbocycles. The summed E-state index contributed by atoms with van der Waals surface area (Å²) in [4.78, 5) is 22.3. The van der Waals surface area contributed by atoms with Crippen LogP contribution in [-0.2, 0) is 16.0 Å². The highest BCUT2D eigenvalue weighted by atomic mass is 16.4. The first-order chi connectivity index (χ1) is 12.2. The molecular formula is C18H24N4O3. The van der Waals surface area contributed by atoms with E-state index >= 15 is 0 Å². The van der Waals surface area contributed by atoms with Crippen LogP contribution in [0, 0.1) is 0 Å². The fraction of sp³-hybridized carbons (Fsp3) is 0.444. The Morgan fingerprint density at radius 2 is 1.80 bits per heavy atom. The van der Waals surface area contributed by atoms with Gasteiger partial charge in [0.05, 0.1) is 0 Å². The molecule has 2 aromatic rings. The van der Waals surface area contributed by atoms with Crippen LogP contribution < -0.4 is 5.32 Å². The van der Waals surface area contributed by atoms with Crippen molar-refractivity contribution >= 4 is 11.9 Å². The number of carbonyl (C=O) groups excluding carboxylic acids is 1. The minimum Gasteiger partial charge on any atom is -0.481 e. The lowest BCUT2D eigenvalue weighted by Crippen LogP contribution is -2.25. The highest BCUT2D eigenvalue weighted by Crippen LogP contribution is 2.10. The number of hydrogen-bond acceptors (Lipinski definition) is 4. The molecule has 0 aliphatic rings. The van der Waals surface area contributed by atoms with Gasteiger partial charge in [0.2, 0.25) is 5.91 Å². The third-order valence-corrected chi connectivity index (χ3v) is 3.87. The molecule has 7 nitrogen and oxygen atoms in total. The summed E-state index contributed by atoms with van der Waals surface area (Å²) in [5, 5.41) is 19.5. The fourth-order valence-corrected chi connectivity index (χ4v) is 2.53. The Bertz CT molecular complexity index is 670. The molecule has 0 bridgehead atoms. The SMILES string of the molecule is O=C(O)CCCCCCNC(=O)CCc1nncn1-c1ccccc1. The van der Waals surface area contributed by atoms with Gasteiger partial charge in [0, 0.05) is 31.5 Å². The Hall–Kier alpha value is -2.70. The van der Waals surface area contributed by atoms with E-state index in [1.807, 2.05) is 34.9 Å². The summed E-state index contributed by atoms with van der Waals surface area (Å²) in [6, 6.07) is 9.78. The zero-order valence-corrected chi connectivity index (χ0v) is 14.2. The van der Waals surface area contributed by atoms with Gasteiger partial charge in [0.15, 0.2) is 0 Å². The number of amides is 1. The van der Waals surface area contributed by atoms with E-state index in [2.05, 4.69) is 15.5 Å². The molecule has 1 heterocycles. The number of benzene rings is 1. The third-order valence-electron chi connectivity index (χ3n) is 3.87. The molecule has 0 radical (unpaired) electrons. The number of nitrogens with one attached hydrogen (secondary N) is 1. The number of aryl methyl sites for hydroxylation is 1. The second-order valence-electron chi connectivity index (χ2n) is 5.86. The van der Waals surface area contributed by atoms with Gasteiger partial charge in [-0.25, -0.2) is 0 Å². The smallest absolute Gasteiger partial charge is 0.303 e. The molecule has 134 valence electrons. The number of para-hydroxylation sites is 1. The first kappa shape index (κ1) is 18.6. The maximum Gasteiger partial charge on any atom is 0.303 e. The molecule has 1 aromatic carbocycles. The minimum atomic E-state index is -0.753. The Balaban J connectivity index is 1.64. The number of carbonyl (C=O) groups is 2. The number of aromatic nitrogens is 3. The van der Waals surface area contributed by atoms with Gasteiger partial charge in [-0.05, 0) is 25.0 Å². The maximum atomic E-state index is 11.9. The average molecular weight is 344 g/mol. The number of aliphatic carboxylic acids is 1. The standard InChI is InChI=1S/C18H24N4O3/c23-17(19-13-7-2-1-6-10-18(24)25)12-11-16-21-20-14-22(16)15-8-4-3-5-9-15/h3-5,8-9,14H,1-2,6-7,10-13H2,(H,19,23)(H,24,25). The predicted octanol–water partition coefficient (Wildman–Crippen LogP) is 2.35. The Kier molecular flexibility index (Phi) is 7.62. The van der Waals surface area contributed by atoms with Crippen molar-refractivity contribution in [2.24, 2.45) is 0 Å². The van der Waals surface area contributed by atoms with E-state index in [1.54, 1.807) is 6.33 Å². The number of carboxylic acids is 1. The van der Waals surface area contributed by atoms with E-state index in [-0.39, 0.29) is 12.3 Å². The van der Waals surface area contributed by atoms with Gasteiger partial charge in [-0.15, -0.1) is 10.2 Å². The molecule has 25 heavy (non-hydrogen) atoms. The van der Waals surface area contributed by atoms with Crippen molar-refractivity contribution in [1.29, 1.82) is 0 Å². The molecule has 1 amide bonds. The van der Waals surface area contributed by atoms with Crippen LogP contribution in [0.3, 0.4) is 0 Å². The molecule has 0 unspecified atom stereocenters. The van der Waals surface area contributed by atoms with Gasteiger partial charge in [-0.3, -0.25) is 14.2 Å². The fourth-order valence-electron chi connectivity index (χ4n) is 2.53. The molecular weight excluding hydrogens is 320 g/mol. The summed E-state index contributed by atoms with van der Waals surface area (Å²) in [5.74, 6) is -0.000163. The van der Waals surface area contributed by atoms with Crippen molar-refractivity contribution in [3.05, 3.63) is 42.5 Å². The maximum absolute atomic E-state index is 11.9. The molecule has 2 N–H and O–H groups in total. The number of rotatable bonds is 11.